The fraction of sp³-hybridized carbons (Fsp3) is 0.375. The number of anilines is 1. The molecule has 1 saturated carbocycles. The van der Waals surface area contributed by atoms with Gasteiger partial charge in [0.05, 0.1) is 24.8 Å². The van der Waals surface area contributed by atoms with Crippen LogP contribution in [0.2, 0.25) is 0 Å². The first-order valence-electron chi connectivity index (χ1n) is 7.43. The number of hydrogen-bond donors (Lipinski definition) is 3. The van der Waals surface area contributed by atoms with Gasteiger partial charge in [-0.2, -0.15) is 0 Å². The summed E-state index contributed by atoms with van der Waals surface area (Å²) in [4.78, 5) is 18.9. The number of benzene rings is 1. The van der Waals surface area contributed by atoms with Crippen molar-refractivity contribution in [3.05, 3.63) is 36.8 Å². The third-order valence-electron chi connectivity index (χ3n) is 3.88. The highest BCUT2D eigenvalue weighted by Crippen LogP contribution is 2.19. The summed E-state index contributed by atoms with van der Waals surface area (Å²) in [5.41, 5.74) is 2.84. The molecule has 0 spiro atoms. The number of aromatic nitrogens is 2. The zero-order valence-electron chi connectivity index (χ0n) is 11.9. The normalized spacial score (nSPS) is 15.2. The molecule has 0 unspecified atom stereocenters. The van der Waals surface area contributed by atoms with Crippen molar-refractivity contribution >= 4 is 11.6 Å². The smallest absolute Gasteiger partial charge is 0.238 e. The average Bonchev–Trinajstić information content (AvgIpc) is 3.19. The second-order valence-corrected chi connectivity index (χ2v) is 5.45. The molecule has 0 aliphatic heterocycles. The summed E-state index contributed by atoms with van der Waals surface area (Å²) in [6, 6.07) is 8.26. The Labute approximate surface area is 124 Å². The zero-order valence-corrected chi connectivity index (χ0v) is 11.9. The van der Waals surface area contributed by atoms with Gasteiger partial charge in [-0.15, -0.1) is 0 Å². The maximum absolute atomic E-state index is 11.9. The van der Waals surface area contributed by atoms with Crippen LogP contribution in [0.1, 0.15) is 25.7 Å². The highest BCUT2D eigenvalue weighted by molar-refractivity contribution is 5.92. The van der Waals surface area contributed by atoms with E-state index >= 15 is 0 Å². The molecule has 5 nitrogen and oxygen atoms in total. The van der Waals surface area contributed by atoms with Gasteiger partial charge in [0.1, 0.15) is 0 Å². The number of nitrogens with zero attached hydrogens (tertiary/aromatic N) is 1. The van der Waals surface area contributed by atoms with Crippen LogP contribution in [-0.4, -0.2) is 28.5 Å². The molecular formula is C16H20N4O. The Bertz CT molecular complexity index is 571. The van der Waals surface area contributed by atoms with E-state index in [0.29, 0.717) is 12.6 Å². The first-order valence-corrected chi connectivity index (χ1v) is 7.43. The molecule has 0 saturated heterocycles. The predicted molar refractivity (Wildman–Crippen MR) is 82.9 cm³/mol. The van der Waals surface area contributed by atoms with E-state index in [4.69, 9.17) is 0 Å². The molecule has 1 aliphatic rings. The number of carbonyl (C=O) groups excluding carboxylic acids is 1. The van der Waals surface area contributed by atoms with Gasteiger partial charge in [-0.05, 0) is 30.5 Å². The van der Waals surface area contributed by atoms with Gasteiger partial charge in [0.15, 0.2) is 0 Å². The molecule has 1 aromatic carbocycles. The van der Waals surface area contributed by atoms with E-state index < -0.39 is 0 Å². The number of imidazole rings is 1. The lowest BCUT2D eigenvalue weighted by molar-refractivity contribution is -0.115. The Morgan fingerprint density at radius 1 is 1.24 bits per heavy atom. The molecule has 1 fully saturated rings. The third-order valence-corrected chi connectivity index (χ3v) is 3.88. The van der Waals surface area contributed by atoms with E-state index in [-0.39, 0.29) is 5.91 Å². The molecule has 0 atom stereocenters. The molecule has 0 radical (unpaired) electrons. The molecule has 3 rings (SSSR count). The van der Waals surface area contributed by atoms with Crippen LogP contribution in [0.15, 0.2) is 36.8 Å². The number of aromatic amines is 1. The minimum Gasteiger partial charge on any atom is -0.345 e. The predicted octanol–water partition coefficient (Wildman–Crippen LogP) is 2.55. The van der Waals surface area contributed by atoms with Crippen LogP contribution in [-0.2, 0) is 4.79 Å². The summed E-state index contributed by atoms with van der Waals surface area (Å²) in [6.07, 6.45) is 8.35. The second kappa shape index (κ2) is 6.54. The Morgan fingerprint density at radius 3 is 2.67 bits per heavy atom. The van der Waals surface area contributed by atoms with Gasteiger partial charge in [-0.3, -0.25) is 4.79 Å². The molecular weight excluding hydrogens is 264 g/mol. The third kappa shape index (κ3) is 3.70. The average molecular weight is 284 g/mol. The number of amides is 1. The van der Waals surface area contributed by atoms with E-state index in [2.05, 4.69) is 20.6 Å². The van der Waals surface area contributed by atoms with Crippen molar-refractivity contribution in [2.45, 2.75) is 31.7 Å². The zero-order chi connectivity index (χ0) is 14.5. The van der Waals surface area contributed by atoms with E-state index in [1.807, 2.05) is 24.3 Å². The quantitative estimate of drug-likeness (QED) is 0.790. The fourth-order valence-corrected chi connectivity index (χ4v) is 2.72. The van der Waals surface area contributed by atoms with Crippen molar-refractivity contribution in [2.75, 3.05) is 11.9 Å². The monoisotopic (exact) mass is 284 g/mol. The number of hydrogen-bond acceptors (Lipinski definition) is 3. The summed E-state index contributed by atoms with van der Waals surface area (Å²) in [5.74, 6) is 0.0104. The summed E-state index contributed by atoms with van der Waals surface area (Å²) in [7, 11) is 0. The highest BCUT2D eigenvalue weighted by Gasteiger charge is 2.15. The Kier molecular flexibility index (Phi) is 4.31. The number of H-pyrrole nitrogens is 1. The molecule has 110 valence electrons. The van der Waals surface area contributed by atoms with E-state index in [9.17, 15) is 4.79 Å². The van der Waals surface area contributed by atoms with Crippen LogP contribution >= 0.6 is 0 Å². The molecule has 1 heterocycles. The largest absolute Gasteiger partial charge is 0.345 e. The van der Waals surface area contributed by atoms with Crippen molar-refractivity contribution in [1.29, 1.82) is 0 Å². The maximum Gasteiger partial charge on any atom is 0.238 e. The highest BCUT2D eigenvalue weighted by atomic mass is 16.1. The summed E-state index contributed by atoms with van der Waals surface area (Å²) in [6.45, 7) is 0.382. The standard InChI is InChI=1S/C16H20N4O/c21-16(10-18-13-3-1-2-4-13)20-14-7-5-12(6-8-14)15-9-17-11-19-15/h5-9,11,13,18H,1-4,10H2,(H,17,19)(H,20,21). The van der Waals surface area contributed by atoms with Gasteiger partial charge in [-0.25, -0.2) is 4.98 Å². The minimum atomic E-state index is 0.0104. The minimum absolute atomic E-state index is 0.0104. The van der Waals surface area contributed by atoms with Gasteiger partial charge in [-0.1, -0.05) is 25.0 Å². The molecule has 21 heavy (non-hydrogen) atoms. The SMILES string of the molecule is O=C(CNC1CCCC1)Nc1ccc(-c2cnc[nH]2)cc1. The molecule has 0 bridgehead atoms. The summed E-state index contributed by atoms with van der Waals surface area (Å²) >= 11 is 0. The molecule has 5 heteroatoms. The number of rotatable bonds is 5. The van der Waals surface area contributed by atoms with Gasteiger partial charge in [0.25, 0.3) is 0 Å². The molecule has 3 N–H and O–H groups in total. The number of nitrogens with one attached hydrogen (secondary N) is 3. The molecule has 1 aromatic heterocycles. The molecule has 1 aliphatic carbocycles. The van der Waals surface area contributed by atoms with Crippen LogP contribution in [0, 0.1) is 0 Å². The van der Waals surface area contributed by atoms with Crippen molar-refractivity contribution < 1.29 is 4.79 Å². The second-order valence-electron chi connectivity index (χ2n) is 5.45. The van der Waals surface area contributed by atoms with E-state index in [1.54, 1.807) is 12.5 Å². The van der Waals surface area contributed by atoms with Gasteiger partial charge in [0, 0.05) is 11.7 Å². The van der Waals surface area contributed by atoms with Crippen molar-refractivity contribution in [2.24, 2.45) is 0 Å². The molecule has 1 amide bonds. The van der Waals surface area contributed by atoms with Crippen molar-refractivity contribution in [3.8, 4) is 11.3 Å². The Hall–Kier alpha value is -2.14. The van der Waals surface area contributed by atoms with Crippen LogP contribution in [0.5, 0.6) is 0 Å². The van der Waals surface area contributed by atoms with Crippen LogP contribution in [0.25, 0.3) is 11.3 Å². The Morgan fingerprint density at radius 2 is 2.00 bits per heavy atom. The lowest BCUT2D eigenvalue weighted by atomic mass is 10.1. The van der Waals surface area contributed by atoms with E-state index in [1.165, 1.54) is 25.7 Å². The van der Waals surface area contributed by atoms with Crippen LogP contribution in [0.3, 0.4) is 0 Å². The molecule has 2 aromatic rings. The lowest BCUT2D eigenvalue weighted by Crippen LogP contribution is -2.34. The first-order chi connectivity index (χ1) is 10.3. The first kappa shape index (κ1) is 13.8. The summed E-state index contributed by atoms with van der Waals surface area (Å²) in [5, 5.41) is 6.22. The number of carbonyl (C=O) groups is 1. The van der Waals surface area contributed by atoms with Crippen LogP contribution in [0.4, 0.5) is 5.69 Å². The fourth-order valence-electron chi connectivity index (χ4n) is 2.72. The summed E-state index contributed by atoms with van der Waals surface area (Å²) < 4.78 is 0. The van der Waals surface area contributed by atoms with Crippen molar-refractivity contribution in [1.82, 2.24) is 15.3 Å². The lowest BCUT2D eigenvalue weighted by Gasteiger charge is -2.11. The van der Waals surface area contributed by atoms with Gasteiger partial charge >= 0.3 is 0 Å². The van der Waals surface area contributed by atoms with Crippen LogP contribution < -0.4 is 10.6 Å². The van der Waals surface area contributed by atoms with Gasteiger partial charge in [0.2, 0.25) is 5.91 Å². The van der Waals surface area contributed by atoms with Gasteiger partial charge < -0.3 is 15.6 Å². The maximum atomic E-state index is 11.9. The van der Waals surface area contributed by atoms with E-state index in [0.717, 1.165) is 16.9 Å². The van der Waals surface area contributed by atoms with Crippen molar-refractivity contribution in [3.63, 3.8) is 0 Å². The Balaban J connectivity index is 1.51. The topological polar surface area (TPSA) is 69.8 Å².